The molecule has 1 atom stereocenters. The Hall–Kier alpha value is -1.83. The van der Waals surface area contributed by atoms with Gasteiger partial charge in [0, 0.05) is 0 Å². The minimum absolute atomic E-state index is 0.126. The standard InChI is InChI=1S/C8H7F3N4O/c9-8(10,11)4-1-2-5-6(3-4)15(16)14-7(12)13-5/h1-4,16H,(H2,12,14). The van der Waals surface area contributed by atoms with Crippen molar-refractivity contribution >= 4 is 11.7 Å². The average Bonchev–Trinajstić information content (AvgIpc) is 2.15. The molecule has 0 spiro atoms. The van der Waals surface area contributed by atoms with Crippen LogP contribution in [0.15, 0.2) is 34.0 Å². The van der Waals surface area contributed by atoms with Gasteiger partial charge in [-0.1, -0.05) is 6.08 Å². The highest BCUT2D eigenvalue weighted by Gasteiger charge is 2.39. The predicted molar refractivity (Wildman–Crippen MR) is 49.5 cm³/mol. The van der Waals surface area contributed by atoms with Gasteiger partial charge in [-0.05, 0) is 12.2 Å². The Morgan fingerprint density at radius 3 is 2.75 bits per heavy atom. The van der Waals surface area contributed by atoms with Crippen LogP contribution in [0.5, 0.6) is 0 Å². The highest BCUT2D eigenvalue weighted by atomic mass is 19.4. The average molecular weight is 232 g/mol. The summed E-state index contributed by atoms with van der Waals surface area (Å²) >= 11 is 0. The van der Waals surface area contributed by atoms with Crippen LogP contribution in [0.4, 0.5) is 13.2 Å². The quantitative estimate of drug-likeness (QED) is 0.654. The first-order valence-corrected chi connectivity index (χ1v) is 4.27. The molecular formula is C8H7F3N4O. The summed E-state index contributed by atoms with van der Waals surface area (Å²) in [5.74, 6) is -1.98. The number of fused-ring (bicyclic) bond motifs is 1. The van der Waals surface area contributed by atoms with Crippen molar-refractivity contribution in [2.24, 2.45) is 21.7 Å². The molecule has 0 amide bonds. The fourth-order valence-corrected chi connectivity index (χ4v) is 1.36. The van der Waals surface area contributed by atoms with Crippen molar-refractivity contribution < 1.29 is 18.4 Å². The normalized spacial score (nSPS) is 24.6. The Morgan fingerprint density at radius 2 is 2.12 bits per heavy atom. The maximum atomic E-state index is 12.4. The Kier molecular flexibility index (Phi) is 2.23. The highest BCUT2D eigenvalue weighted by Crippen LogP contribution is 2.32. The molecule has 1 heterocycles. The summed E-state index contributed by atoms with van der Waals surface area (Å²) in [7, 11) is 0. The van der Waals surface area contributed by atoms with Crippen LogP contribution in [0, 0.1) is 5.92 Å². The minimum Gasteiger partial charge on any atom is -0.366 e. The molecule has 0 fully saturated rings. The van der Waals surface area contributed by atoms with Gasteiger partial charge in [-0.15, -0.1) is 10.3 Å². The number of nitrogens with zero attached hydrogens (tertiary/aromatic N) is 3. The molecular weight excluding hydrogens is 225 g/mol. The molecule has 0 radical (unpaired) electrons. The van der Waals surface area contributed by atoms with E-state index in [4.69, 9.17) is 5.73 Å². The van der Waals surface area contributed by atoms with Crippen molar-refractivity contribution in [3.8, 4) is 0 Å². The highest BCUT2D eigenvalue weighted by molar-refractivity contribution is 6.14. The summed E-state index contributed by atoms with van der Waals surface area (Å²) in [6, 6.07) is 0. The summed E-state index contributed by atoms with van der Waals surface area (Å²) in [5.41, 5.74) is 5.25. The molecule has 86 valence electrons. The van der Waals surface area contributed by atoms with Gasteiger partial charge in [0.15, 0.2) is 0 Å². The van der Waals surface area contributed by atoms with Crippen molar-refractivity contribution in [1.82, 2.24) is 5.17 Å². The zero-order chi connectivity index (χ0) is 11.9. The van der Waals surface area contributed by atoms with E-state index in [0.717, 1.165) is 18.2 Å². The van der Waals surface area contributed by atoms with Gasteiger partial charge in [-0.25, -0.2) is 4.99 Å². The Labute approximate surface area is 88.0 Å². The van der Waals surface area contributed by atoms with E-state index >= 15 is 0 Å². The number of aliphatic imine (C=N–C) groups is 1. The third kappa shape index (κ3) is 1.78. The lowest BCUT2D eigenvalue weighted by molar-refractivity contribution is -0.150. The molecule has 1 unspecified atom stereocenters. The van der Waals surface area contributed by atoms with Crippen molar-refractivity contribution in [3.05, 3.63) is 23.9 Å². The molecule has 0 aromatic carbocycles. The first-order chi connectivity index (χ1) is 7.38. The number of hydroxylamine groups is 1. The third-order valence-corrected chi connectivity index (χ3v) is 2.09. The van der Waals surface area contributed by atoms with E-state index in [2.05, 4.69) is 10.1 Å². The lowest BCUT2D eigenvalue weighted by Gasteiger charge is -2.24. The number of halogens is 3. The fraction of sp³-hybridized carbons (Fsp3) is 0.250. The molecule has 0 aromatic heterocycles. The second-order valence-corrected chi connectivity index (χ2v) is 3.22. The van der Waals surface area contributed by atoms with Crippen LogP contribution in [0.25, 0.3) is 0 Å². The second-order valence-electron chi connectivity index (χ2n) is 3.22. The molecule has 0 saturated heterocycles. The summed E-state index contributed by atoms with van der Waals surface area (Å²) in [4.78, 5) is 3.69. The van der Waals surface area contributed by atoms with Crippen LogP contribution < -0.4 is 5.73 Å². The summed E-state index contributed by atoms with van der Waals surface area (Å²) < 4.78 is 37.2. The number of hydrogen-bond donors (Lipinski definition) is 2. The van der Waals surface area contributed by atoms with Crippen molar-refractivity contribution in [1.29, 1.82) is 0 Å². The minimum atomic E-state index is -4.40. The number of guanidine groups is 1. The summed E-state index contributed by atoms with van der Waals surface area (Å²) in [6.07, 6.45) is -1.48. The van der Waals surface area contributed by atoms with Crippen LogP contribution in [0.1, 0.15) is 0 Å². The van der Waals surface area contributed by atoms with Gasteiger partial charge in [0.25, 0.3) is 0 Å². The van der Waals surface area contributed by atoms with Gasteiger partial charge in [0.05, 0.1) is 11.6 Å². The third-order valence-electron chi connectivity index (χ3n) is 2.09. The second kappa shape index (κ2) is 3.34. The van der Waals surface area contributed by atoms with Crippen LogP contribution in [-0.2, 0) is 0 Å². The van der Waals surface area contributed by atoms with Gasteiger partial charge in [0.2, 0.25) is 5.96 Å². The molecule has 8 heteroatoms. The van der Waals surface area contributed by atoms with E-state index in [1.54, 1.807) is 0 Å². The number of hydrogen-bond acceptors (Lipinski definition) is 5. The van der Waals surface area contributed by atoms with Crippen molar-refractivity contribution in [2.45, 2.75) is 6.18 Å². The van der Waals surface area contributed by atoms with E-state index in [-0.39, 0.29) is 17.4 Å². The smallest absolute Gasteiger partial charge is 0.366 e. The maximum Gasteiger partial charge on any atom is 0.398 e. The molecule has 3 N–H and O–H groups in total. The van der Waals surface area contributed by atoms with Crippen molar-refractivity contribution in [2.75, 3.05) is 0 Å². The van der Waals surface area contributed by atoms with Gasteiger partial charge >= 0.3 is 6.18 Å². The molecule has 5 nitrogen and oxygen atoms in total. The zero-order valence-electron chi connectivity index (χ0n) is 7.81. The number of hydrazone groups is 1. The van der Waals surface area contributed by atoms with Gasteiger partial charge in [-0.2, -0.15) is 13.2 Å². The maximum absolute atomic E-state index is 12.4. The summed E-state index contributed by atoms with van der Waals surface area (Å²) in [6.45, 7) is 0. The number of nitrogens with two attached hydrogens (primary N) is 1. The van der Waals surface area contributed by atoms with Gasteiger partial charge < -0.3 is 5.73 Å². The van der Waals surface area contributed by atoms with Crippen LogP contribution in [0.3, 0.4) is 0 Å². The number of rotatable bonds is 0. The van der Waals surface area contributed by atoms with E-state index in [9.17, 15) is 18.4 Å². The first kappa shape index (κ1) is 10.7. The molecule has 0 aromatic rings. The van der Waals surface area contributed by atoms with E-state index in [1.807, 2.05) is 0 Å². The lowest BCUT2D eigenvalue weighted by Crippen LogP contribution is -2.32. The largest absolute Gasteiger partial charge is 0.398 e. The zero-order valence-corrected chi connectivity index (χ0v) is 7.81. The first-order valence-electron chi connectivity index (χ1n) is 4.27. The molecule has 1 aliphatic carbocycles. The molecule has 16 heavy (non-hydrogen) atoms. The SMILES string of the molecule is NC1=NN(O)C2=CC(C(F)(F)F)C=CC2=N1. The van der Waals surface area contributed by atoms with Crippen LogP contribution >= 0.6 is 0 Å². The fourth-order valence-electron chi connectivity index (χ4n) is 1.36. The Morgan fingerprint density at radius 1 is 1.44 bits per heavy atom. The van der Waals surface area contributed by atoms with E-state index < -0.39 is 12.1 Å². The Balaban J connectivity index is 2.36. The molecule has 0 saturated carbocycles. The molecule has 1 aliphatic heterocycles. The number of allylic oxidation sites excluding steroid dienone is 3. The van der Waals surface area contributed by atoms with Crippen LogP contribution in [0.2, 0.25) is 0 Å². The lowest BCUT2D eigenvalue weighted by atomic mass is 9.99. The number of alkyl halides is 3. The summed E-state index contributed by atoms with van der Waals surface area (Å²) in [5, 5.41) is 12.9. The van der Waals surface area contributed by atoms with Gasteiger partial charge in [0.1, 0.15) is 5.70 Å². The molecule has 2 rings (SSSR count). The monoisotopic (exact) mass is 232 g/mol. The van der Waals surface area contributed by atoms with E-state index in [1.165, 1.54) is 0 Å². The molecule has 0 bridgehead atoms. The van der Waals surface area contributed by atoms with Gasteiger partial charge in [-0.3, -0.25) is 5.21 Å². The topological polar surface area (TPSA) is 74.2 Å². The molecule has 2 aliphatic rings. The Bertz CT molecular complexity index is 435. The predicted octanol–water partition coefficient (Wildman–Crippen LogP) is 0.994. The van der Waals surface area contributed by atoms with Crippen molar-refractivity contribution in [3.63, 3.8) is 0 Å². The van der Waals surface area contributed by atoms with Crippen LogP contribution in [-0.4, -0.2) is 28.2 Å². The van der Waals surface area contributed by atoms with E-state index in [0.29, 0.717) is 5.17 Å².